The standard InChI is InChI=1S/C21H19BrN8/c1-12-20(16-7-5-15(10-23)6-8-16)29(4)28-21(12)26-17-9-18(25-11-24-17)30-14(3)19(22)13(2)27-30/h5-9,11H,1-4H3,(H,24,25,26,28). The van der Waals surface area contributed by atoms with E-state index in [4.69, 9.17) is 5.26 Å². The predicted molar refractivity (Wildman–Crippen MR) is 118 cm³/mol. The lowest BCUT2D eigenvalue weighted by atomic mass is 10.1. The van der Waals surface area contributed by atoms with Crippen molar-refractivity contribution >= 4 is 27.6 Å². The second kappa shape index (κ2) is 7.72. The molecule has 8 nitrogen and oxygen atoms in total. The van der Waals surface area contributed by atoms with Crippen molar-refractivity contribution in [2.75, 3.05) is 5.32 Å². The van der Waals surface area contributed by atoms with Crippen LogP contribution in [0.1, 0.15) is 22.5 Å². The van der Waals surface area contributed by atoms with Gasteiger partial charge in [0.2, 0.25) is 0 Å². The van der Waals surface area contributed by atoms with Crippen LogP contribution in [0.5, 0.6) is 0 Å². The molecule has 4 rings (SSSR count). The molecule has 0 radical (unpaired) electrons. The molecule has 4 aromatic rings. The maximum Gasteiger partial charge on any atom is 0.159 e. The van der Waals surface area contributed by atoms with Gasteiger partial charge in [-0.05, 0) is 48.8 Å². The summed E-state index contributed by atoms with van der Waals surface area (Å²) >= 11 is 3.55. The van der Waals surface area contributed by atoms with Crippen LogP contribution >= 0.6 is 15.9 Å². The SMILES string of the molecule is Cc1nn(-c2cc(Nc3nn(C)c(-c4ccc(C#N)cc4)c3C)ncn2)c(C)c1Br. The molecule has 0 amide bonds. The van der Waals surface area contributed by atoms with Crippen LogP contribution in [0, 0.1) is 32.1 Å². The van der Waals surface area contributed by atoms with E-state index >= 15 is 0 Å². The van der Waals surface area contributed by atoms with E-state index in [-0.39, 0.29) is 0 Å². The minimum Gasteiger partial charge on any atom is -0.323 e. The number of rotatable bonds is 4. The summed E-state index contributed by atoms with van der Waals surface area (Å²) in [5.41, 5.74) is 5.43. The first-order chi connectivity index (χ1) is 14.4. The first-order valence-corrected chi connectivity index (χ1v) is 10.0. The fourth-order valence-electron chi connectivity index (χ4n) is 3.35. The van der Waals surface area contributed by atoms with E-state index in [9.17, 15) is 0 Å². The van der Waals surface area contributed by atoms with Crippen LogP contribution in [0.3, 0.4) is 0 Å². The summed E-state index contributed by atoms with van der Waals surface area (Å²) < 4.78 is 4.56. The maximum absolute atomic E-state index is 9.02. The van der Waals surface area contributed by atoms with Crippen LogP contribution in [0.15, 0.2) is 41.1 Å². The van der Waals surface area contributed by atoms with Gasteiger partial charge in [0.1, 0.15) is 12.1 Å². The van der Waals surface area contributed by atoms with Crippen LogP contribution < -0.4 is 5.32 Å². The zero-order chi connectivity index (χ0) is 21.4. The minimum atomic E-state index is 0.622. The average Bonchev–Trinajstić information content (AvgIpc) is 3.17. The fourth-order valence-corrected chi connectivity index (χ4v) is 3.60. The molecule has 0 aliphatic carbocycles. The highest BCUT2D eigenvalue weighted by Gasteiger charge is 2.16. The van der Waals surface area contributed by atoms with E-state index in [2.05, 4.69) is 47.5 Å². The Morgan fingerprint density at radius 1 is 1.07 bits per heavy atom. The van der Waals surface area contributed by atoms with Gasteiger partial charge < -0.3 is 5.32 Å². The molecule has 0 spiro atoms. The number of halogens is 1. The van der Waals surface area contributed by atoms with E-state index in [1.807, 2.05) is 50.7 Å². The van der Waals surface area contributed by atoms with Crippen LogP contribution in [0.4, 0.5) is 11.6 Å². The highest BCUT2D eigenvalue weighted by Crippen LogP contribution is 2.30. The second-order valence-corrected chi connectivity index (χ2v) is 7.71. The zero-order valence-corrected chi connectivity index (χ0v) is 18.6. The Balaban J connectivity index is 1.67. The molecular formula is C21H19BrN8. The molecule has 1 N–H and O–H groups in total. The Labute approximate surface area is 182 Å². The minimum absolute atomic E-state index is 0.622. The highest BCUT2D eigenvalue weighted by molar-refractivity contribution is 9.10. The van der Waals surface area contributed by atoms with Crippen LogP contribution in [0.2, 0.25) is 0 Å². The van der Waals surface area contributed by atoms with Gasteiger partial charge in [0.05, 0.1) is 33.2 Å². The Morgan fingerprint density at radius 3 is 2.43 bits per heavy atom. The monoisotopic (exact) mass is 462 g/mol. The maximum atomic E-state index is 9.02. The molecule has 0 aliphatic heterocycles. The summed E-state index contributed by atoms with van der Waals surface area (Å²) in [5.74, 6) is 1.99. The number of aromatic nitrogens is 6. The van der Waals surface area contributed by atoms with Crippen molar-refractivity contribution < 1.29 is 0 Å². The van der Waals surface area contributed by atoms with Crippen molar-refractivity contribution in [2.24, 2.45) is 7.05 Å². The second-order valence-electron chi connectivity index (χ2n) is 6.92. The van der Waals surface area contributed by atoms with Crippen LogP contribution in [-0.4, -0.2) is 29.5 Å². The Hall–Kier alpha value is -3.51. The molecule has 3 heterocycles. The highest BCUT2D eigenvalue weighted by atomic mass is 79.9. The van der Waals surface area contributed by atoms with Crippen molar-refractivity contribution in [3.05, 3.63) is 63.6 Å². The molecule has 0 saturated heterocycles. The summed E-state index contributed by atoms with van der Waals surface area (Å²) in [7, 11) is 1.89. The molecule has 0 saturated carbocycles. The molecule has 0 unspecified atom stereocenters. The van der Waals surface area contributed by atoms with Crippen molar-refractivity contribution in [1.29, 1.82) is 5.26 Å². The van der Waals surface area contributed by atoms with Gasteiger partial charge in [-0.25, -0.2) is 14.6 Å². The first-order valence-electron chi connectivity index (χ1n) is 9.24. The van der Waals surface area contributed by atoms with Gasteiger partial charge in [-0.1, -0.05) is 12.1 Å². The number of nitriles is 1. The van der Waals surface area contributed by atoms with E-state index in [1.165, 1.54) is 6.33 Å². The Bertz CT molecular complexity index is 1280. The summed E-state index contributed by atoms with van der Waals surface area (Å²) in [6.07, 6.45) is 1.50. The third kappa shape index (κ3) is 3.46. The van der Waals surface area contributed by atoms with Crippen molar-refractivity contribution in [3.63, 3.8) is 0 Å². The van der Waals surface area contributed by atoms with Gasteiger partial charge in [-0.15, -0.1) is 0 Å². The molecule has 150 valence electrons. The summed E-state index contributed by atoms with van der Waals surface area (Å²) in [4.78, 5) is 8.69. The first kappa shape index (κ1) is 19.8. The predicted octanol–water partition coefficient (Wildman–Crippen LogP) is 4.37. The average molecular weight is 463 g/mol. The number of nitrogens with one attached hydrogen (secondary N) is 1. The van der Waals surface area contributed by atoms with E-state index in [0.29, 0.717) is 23.0 Å². The van der Waals surface area contributed by atoms with Crippen LogP contribution in [-0.2, 0) is 7.05 Å². The fraction of sp³-hybridized carbons (Fsp3) is 0.190. The van der Waals surface area contributed by atoms with Crippen molar-refractivity contribution in [2.45, 2.75) is 20.8 Å². The Kier molecular flexibility index (Phi) is 5.10. The summed E-state index contributed by atoms with van der Waals surface area (Å²) in [6, 6.07) is 11.4. The summed E-state index contributed by atoms with van der Waals surface area (Å²) in [5, 5.41) is 21.4. The van der Waals surface area contributed by atoms with E-state index < -0.39 is 0 Å². The molecule has 0 bridgehead atoms. The Morgan fingerprint density at radius 2 is 1.80 bits per heavy atom. The molecule has 0 fully saturated rings. The number of anilines is 2. The van der Waals surface area contributed by atoms with Crippen molar-refractivity contribution in [1.82, 2.24) is 29.5 Å². The van der Waals surface area contributed by atoms with Gasteiger partial charge >= 0.3 is 0 Å². The molecule has 9 heteroatoms. The molecule has 0 aliphatic rings. The topological polar surface area (TPSA) is 97.2 Å². The lowest BCUT2D eigenvalue weighted by molar-refractivity contribution is 0.778. The van der Waals surface area contributed by atoms with Crippen LogP contribution in [0.25, 0.3) is 17.1 Å². The lowest BCUT2D eigenvalue weighted by Gasteiger charge is -2.07. The zero-order valence-electron chi connectivity index (χ0n) is 17.0. The smallest absolute Gasteiger partial charge is 0.159 e. The largest absolute Gasteiger partial charge is 0.323 e. The van der Waals surface area contributed by atoms with Crippen molar-refractivity contribution in [3.8, 4) is 23.1 Å². The molecule has 0 atom stereocenters. The number of nitrogens with zero attached hydrogens (tertiary/aromatic N) is 7. The lowest BCUT2D eigenvalue weighted by Crippen LogP contribution is -2.04. The van der Waals surface area contributed by atoms with Gasteiger partial charge in [-0.3, -0.25) is 4.68 Å². The van der Waals surface area contributed by atoms with Gasteiger partial charge in [-0.2, -0.15) is 15.5 Å². The van der Waals surface area contributed by atoms with Gasteiger partial charge in [0.15, 0.2) is 11.6 Å². The third-order valence-corrected chi connectivity index (χ3v) is 6.04. The number of benzene rings is 1. The van der Waals surface area contributed by atoms with E-state index in [0.717, 1.165) is 32.7 Å². The normalized spacial score (nSPS) is 10.8. The number of hydrogen-bond donors (Lipinski definition) is 1. The third-order valence-electron chi connectivity index (χ3n) is 4.89. The molecule has 3 aromatic heterocycles. The van der Waals surface area contributed by atoms with Gasteiger partial charge in [0, 0.05) is 24.2 Å². The molecule has 1 aromatic carbocycles. The molecular weight excluding hydrogens is 444 g/mol. The number of hydrogen-bond acceptors (Lipinski definition) is 6. The van der Waals surface area contributed by atoms with Gasteiger partial charge in [0.25, 0.3) is 0 Å². The van der Waals surface area contributed by atoms with E-state index in [1.54, 1.807) is 16.8 Å². The quantitative estimate of drug-likeness (QED) is 0.483. The molecule has 30 heavy (non-hydrogen) atoms. The number of aryl methyl sites for hydroxylation is 2. The summed E-state index contributed by atoms with van der Waals surface area (Å²) in [6.45, 7) is 5.92.